The molecule has 2 rings (SSSR count). The molecule has 0 fully saturated rings. The third kappa shape index (κ3) is 4.19. The third-order valence-electron chi connectivity index (χ3n) is 3.87. The zero-order chi connectivity index (χ0) is 15.1. The standard InChI is InChI=1S/C18H26N2O/c1-3-20(14-16(19)10-7-13-21-2)18-12-6-9-15-8-4-5-11-17(15)18/h4-6,8-9,11-12,16H,3,7,10,13-14,19H2,1-2H3. The van der Waals surface area contributed by atoms with Crippen LogP contribution in [-0.4, -0.2) is 32.8 Å². The van der Waals surface area contributed by atoms with Crippen LogP contribution < -0.4 is 10.6 Å². The molecule has 1 atom stereocenters. The first-order chi connectivity index (χ1) is 10.3. The Morgan fingerprint density at radius 2 is 1.90 bits per heavy atom. The Bertz CT molecular complexity index is 550. The lowest BCUT2D eigenvalue weighted by molar-refractivity contribution is 0.190. The average Bonchev–Trinajstić information content (AvgIpc) is 2.52. The quantitative estimate of drug-likeness (QED) is 0.756. The lowest BCUT2D eigenvalue weighted by atomic mass is 10.1. The predicted molar refractivity (Wildman–Crippen MR) is 90.9 cm³/mol. The fraction of sp³-hybridized carbons (Fsp3) is 0.444. The number of likely N-dealkylation sites (N-methyl/N-ethyl adjacent to an activating group) is 1. The van der Waals surface area contributed by atoms with Gasteiger partial charge in [0.25, 0.3) is 0 Å². The number of hydrogen-bond acceptors (Lipinski definition) is 3. The van der Waals surface area contributed by atoms with Crippen molar-refractivity contribution < 1.29 is 4.74 Å². The number of methoxy groups -OCH3 is 1. The lowest BCUT2D eigenvalue weighted by Gasteiger charge is -2.27. The van der Waals surface area contributed by atoms with Crippen molar-refractivity contribution in [1.82, 2.24) is 0 Å². The summed E-state index contributed by atoms with van der Waals surface area (Å²) in [6.07, 6.45) is 2.01. The van der Waals surface area contributed by atoms with Gasteiger partial charge in [0.1, 0.15) is 0 Å². The fourth-order valence-electron chi connectivity index (χ4n) is 2.75. The molecule has 0 aromatic heterocycles. The molecule has 2 aromatic rings. The summed E-state index contributed by atoms with van der Waals surface area (Å²) in [7, 11) is 1.74. The minimum atomic E-state index is 0.180. The second-order valence-electron chi connectivity index (χ2n) is 5.43. The summed E-state index contributed by atoms with van der Waals surface area (Å²) in [5.74, 6) is 0. The summed E-state index contributed by atoms with van der Waals surface area (Å²) < 4.78 is 5.10. The minimum absolute atomic E-state index is 0.180. The van der Waals surface area contributed by atoms with Gasteiger partial charge in [0, 0.05) is 43.9 Å². The first-order valence-corrected chi connectivity index (χ1v) is 7.73. The summed E-state index contributed by atoms with van der Waals surface area (Å²) in [4.78, 5) is 2.37. The smallest absolute Gasteiger partial charge is 0.0462 e. The van der Waals surface area contributed by atoms with Crippen molar-refractivity contribution in [2.45, 2.75) is 25.8 Å². The number of rotatable bonds is 8. The van der Waals surface area contributed by atoms with Gasteiger partial charge in [0.15, 0.2) is 0 Å². The Morgan fingerprint density at radius 3 is 2.67 bits per heavy atom. The number of fused-ring (bicyclic) bond motifs is 1. The zero-order valence-electron chi connectivity index (χ0n) is 13.1. The predicted octanol–water partition coefficient (Wildman–Crippen LogP) is 3.42. The summed E-state index contributed by atoms with van der Waals surface area (Å²) in [6.45, 7) is 4.82. The molecule has 0 aliphatic rings. The topological polar surface area (TPSA) is 38.5 Å². The SMILES string of the molecule is CCN(CC(N)CCCOC)c1cccc2ccccc12. The first-order valence-electron chi connectivity index (χ1n) is 7.73. The second kappa shape index (κ2) is 8.01. The molecule has 0 aliphatic heterocycles. The molecular formula is C18H26N2O. The molecule has 0 saturated heterocycles. The lowest BCUT2D eigenvalue weighted by Crippen LogP contribution is -2.37. The molecule has 2 aromatic carbocycles. The number of anilines is 1. The van der Waals surface area contributed by atoms with E-state index in [0.29, 0.717) is 0 Å². The Labute approximate surface area is 127 Å². The molecule has 0 spiro atoms. The molecule has 0 aliphatic carbocycles. The third-order valence-corrected chi connectivity index (χ3v) is 3.87. The van der Waals surface area contributed by atoms with Crippen LogP contribution in [0.4, 0.5) is 5.69 Å². The van der Waals surface area contributed by atoms with Crippen LogP contribution in [0.15, 0.2) is 42.5 Å². The highest BCUT2D eigenvalue weighted by atomic mass is 16.5. The molecular weight excluding hydrogens is 260 g/mol. The molecule has 1 unspecified atom stereocenters. The average molecular weight is 286 g/mol. The molecule has 0 saturated carbocycles. The monoisotopic (exact) mass is 286 g/mol. The van der Waals surface area contributed by atoms with E-state index in [1.165, 1.54) is 16.5 Å². The van der Waals surface area contributed by atoms with Crippen LogP contribution >= 0.6 is 0 Å². The second-order valence-corrected chi connectivity index (χ2v) is 5.43. The molecule has 0 radical (unpaired) electrons. The molecule has 21 heavy (non-hydrogen) atoms. The van der Waals surface area contributed by atoms with Crippen molar-refractivity contribution in [2.75, 3.05) is 31.7 Å². The van der Waals surface area contributed by atoms with Crippen LogP contribution in [0.2, 0.25) is 0 Å². The summed E-state index contributed by atoms with van der Waals surface area (Å²) in [5, 5.41) is 2.58. The van der Waals surface area contributed by atoms with Crippen LogP contribution in [-0.2, 0) is 4.74 Å². The van der Waals surface area contributed by atoms with Gasteiger partial charge in [-0.25, -0.2) is 0 Å². The van der Waals surface area contributed by atoms with E-state index in [1.807, 2.05) is 0 Å². The van der Waals surface area contributed by atoms with E-state index < -0.39 is 0 Å². The van der Waals surface area contributed by atoms with E-state index >= 15 is 0 Å². The zero-order valence-corrected chi connectivity index (χ0v) is 13.1. The largest absolute Gasteiger partial charge is 0.385 e. The van der Waals surface area contributed by atoms with Crippen LogP contribution in [0.25, 0.3) is 10.8 Å². The molecule has 114 valence electrons. The van der Waals surface area contributed by atoms with Crippen LogP contribution in [0.3, 0.4) is 0 Å². The van der Waals surface area contributed by atoms with Gasteiger partial charge in [-0.3, -0.25) is 0 Å². The van der Waals surface area contributed by atoms with Gasteiger partial charge in [-0.05, 0) is 31.2 Å². The summed E-state index contributed by atoms with van der Waals surface area (Å²) in [5.41, 5.74) is 7.55. The Morgan fingerprint density at radius 1 is 1.14 bits per heavy atom. The van der Waals surface area contributed by atoms with Gasteiger partial charge in [-0.1, -0.05) is 36.4 Å². The van der Waals surface area contributed by atoms with Crippen molar-refractivity contribution >= 4 is 16.5 Å². The number of hydrogen-bond donors (Lipinski definition) is 1. The van der Waals surface area contributed by atoms with Crippen LogP contribution in [0, 0.1) is 0 Å². The highest BCUT2D eigenvalue weighted by Gasteiger charge is 2.12. The van der Waals surface area contributed by atoms with Gasteiger partial charge in [0.2, 0.25) is 0 Å². The first kappa shape index (κ1) is 15.8. The molecule has 2 N–H and O–H groups in total. The van der Waals surface area contributed by atoms with Gasteiger partial charge < -0.3 is 15.4 Å². The number of ether oxygens (including phenoxy) is 1. The highest BCUT2D eigenvalue weighted by molar-refractivity contribution is 5.94. The fourth-order valence-corrected chi connectivity index (χ4v) is 2.75. The molecule has 0 bridgehead atoms. The minimum Gasteiger partial charge on any atom is -0.385 e. The molecule has 0 heterocycles. The van der Waals surface area contributed by atoms with E-state index in [1.54, 1.807) is 7.11 Å². The highest BCUT2D eigenvalue weighted by Crippen LogP contribution is 2.26. The van der Waals surface area contributed by atoms with Gasteiger partial charge in [-0.15, -0.1) is 0 Å². The Kier molecular flexibility index (Phi) is 6.03. The molecule has 3 nitrogen and oxygen atoms in total. The van der Waals surface area contributed by atoms with E-state index in [9.17, 15) is 0 Å². The Balaban J connectivity index is 2.12. The Hall–Kier alpha value is -1.58. The molecule has 3 heteroatoms. The molecule has 0 amide bonds. The van der Waals surface area contributed by atoms with E-state index in [4.69, 9.17) is 10.5 Å². The van der Waals surface area contributed by atoms with Crippen LogP contribution in [0.1, 0.15) is 19.8 Å². The maximum Gasteiger partial charge on any atom is 0.0462 e. The van der Waals surface area contributed by atoms with Crippen molar-refractivity contribution in [3.8, 4) is 0 Å². The maximum absolute atomic E-state index is 6.28. The normalized spacial score (nSPS) is 12.5. The number of nitrogens with two attached hydrogens (primary N) is 1. The van der Waals surface area contributed by atoms with Crippen molar-refractivity contribution in [2.24, 2.45) is 5.73 Å². The van der Waals surface area contributed by atoms with E-state index in [2.05, 4.69) is 54.3 Å². The summed E-state index contributed by atoms with van der Waals surface area (Å²) in [6, 6.07) is 15.2. The number of benzene rings is 2. The van der Waals surface area contributed by atoms with Crippen LogP contribution in [0.5, 0.6) is 0 Å². The van der Waals surface area contributed by atoms with Gasteiger partial charge in [-0.2, -0.15) is 0 Å². The van der Waals surface area contributed by atoms with Crippen molar-refractivity contribution in [3.63, 3.8) is 0 Å². The maximum atomic E-state index is 6.28. The van der Waals surface area contributed by atoms with E-state index in [-0.39, 0.29) is 6.04 Å². The summed E-state index contributed by atoms with van der Waals surface area (Å²) >= 11 is 0. The van der Waals surface area contributed by atoms with Crippen molar-refractivity contribution in [1.29, 1.82) is 0 Å². The van der Waals surface area contributed by atoms with Crippen molar-refractivity contribution in [3.05, 3.63) is 42.5 Å². The number of nitrogens with zero attached hydrogens (tertiary/aromatic N) is 1. The van der Waals surface area contributed by atoms with E-state index in [0.717, 1.165) is 32.5 Å². The van der Waals surface area contributed by atoms with Gasteiger partial charge in [0.05, 0.1) is 0 Å². The van der Waals surface area contributed by atoms with Gasteiger partial charge >= 0.3 is 0 Å².